The first-order chi connectivity index (χ1) is 9.67. The van der Waals surface area contributed by atoms with Crippen LogP contribution in [0.3, 0.4) is 0 Å². The molecule has 20 heavy (non-hydrogen) atoms. The van der Waals surface area contributed by atoms with E-state index in [4.69, 9.17) is 0 Å². The minimum Gasteiger partial charge on any atom is -0.393 e. The largest absolute Gasteiger partial charge is 0.393 e. The predicted octanol–water partition coefficient (Wildman–Crippen LogP) is 3.24. The number of carbonyl (C=O) groups excluding carboxylic acids is 1. The number of hydrogen-bond donors (Lipinski definition) is 2. The maximum Gasteiger partial charge on any atom is 0.220 e. The number of benzene rings is 1. The van der Waals surface area contributed by atoms with Crippen LogP contribution in [0.15, 0.2) is 30.3 Å². The highest BCUT2D eigenvalue weighted by atomic mass is 16.3. The quantitative estimate of drug-likeness (QED) is 0.681. The molecule has 2 unspecified atom stereocenters. The molecule has 2 atom stereocenters. The van der Waals surface area contributed by atoms with E-state index in [1.807, 2.05) is 25.1 Å². The Bertz CT molecular complexity index is 378. The maximum atomic E-state index is 11.9. The third kappa shape index (κ3) is 6.20. The van der Waals surface area contributed by atoms with Gasteiger partial charge in [-0.2, -0.15) is 0 Å². The molecule has 1 amide bonds. The first kappa shape index (κ1) is 16.7. The molecule has 1 aromatic carbocycles. The summed E-state index contributed by atoms with van der Waals surface area (Å²) in [6.45, 7) is 4.73. The Morgan fingerprint density at radius 1 is 1.20 bits per heavy atom. The fourth-order valence-electron chi connectivity index (χ4n) is 2.29. The van der Waals surface area contributed by atoms with Crippen LogP contribution in [0.2, 0.25) is 0 Å². The van der Waals surface area contributed by atoms with Crippen molar-refractivity contribution in [2.45, 2.75) is 58.0 Å². The fraction of sp³-hybridized carbons (Fsp3) is 0.588. The van der Waals surface area contributed by atoms with Gasteiger partial charge >= 0.3 is 0 Å². The van der Waals surface area contributed by atoms with E-state index in [9.17, 15) is 9.90 Å². The number of amides is 1. The zero-order valence-corrected chi connectivity index (χ0v) is 12.6. The van der Waals surface area contributed by atoms with E-state index in [0.29, 0.717) is 13.0 Å². The van der Waals surface area contributed by atoms with Crippen LogP contribution in [0.25, 0.3) is 0 Å². The zero-order chi connectivity index (χ0) is 14.8. The second kappa shape index (κ2) is 9.54. The summed E-state index contributed by atoms with van der Waals surface area (Å²) in [4.78, 5) is 11.9. The number of nitrogens with one attached hydrogen (secondary N) is 1. The van der Waals surface area contributed by atoms with Crippen molar-refractivity contribution < 1.29 is 9.90 Å². The lowest BCUT2D eigenvalue weighted by Gasteiger charge is -2.15. The van der Waals surface area contributed by atoms with E-state index in [2.05, 4.69) is 24.4 Å². The molecule has 112 valence electrons. The fourth-order valence-corrected chi connectivity index (χ4v) is 2.29. The number of aliphatic hydroxyl groups is 1. The summed E-state index contributed by atoms with van der Waals surface area (Å²) in [5.41, 5.74) is 1.23. The van der Waals surface area contributed by atoms with Crippen LogP contribution in [-0.4, -0.2) is 23.7 Å². The minimum absolute atomic E-state index is 0.103. The van der Waals surface area contributed by atoms with Gasteiger partial charge < -0.3 is 10.4 Å². The third-order valence-electron chi connectivity index (χ3n) is 3.70. The van der Waals surface area contributed by atoms with Gasteiger partial charge in [0.15, 0.2) is 0 Å². The van der Waals surface area contributed by atoms with Crippen LogP contribution in [0.5, 0.6) is 0 Å². The lowest BCUT2D eigenvalue weighted by molar-refractivity contribution is -0.121. The second-order valence-electron chi connectivity index (χ2n) is 5.27. The molecule has 0 spiro atoms. The molecule has 1 rings (SSSR count). The summed E-state index contributed by atoms with van der Waals surface area (Å²) in [6, 6.07) is 10.2. The van der Waals surface area contributed by atoms with Crippen LogP contribution < -0.4 is 5.32 Å². The molecule has 0 heterocycles. The Hall–Kier alpha value is -1.35. The maximum absolute atomic E-state index is 11.9. The SMILES string of the molecule is CCC(O)CCCNC(=O)CC(CC)c1ccccc1. The van der Waals surface area contributed by atoms with Gasteiger partial charge in [-0.15, -0.1) is 0 Å². The molecule has 0 aliphatic carbocycles. The van der Waals surface area contributed by atoms with Gasteiger partial charge in [0.1, 0.15) is 0 Å². The van der Waals surface area contributed by atoms with E-state index in [-0.39, 0.29) is 17.9 Å². The van der Waals surface area contributed by atoms with Gasteiger partial charge in [-0.05, 0) is 37.2 Å². The highest BCUT2D eigenvalue weighted by molar-refractivity contribution is 5.76. The highest BCUT2D eigenvalue weighted by Gasteiger charge is 2.13. The normalized spacial score (nSPS) is 13.8. The van der Waals surface area contributed by atoms with Crippen molar-refractivity contribution in [3.05, 3.63) is 35.9 Å². The van der Waals surface area contributed by atoms with E-state index < -0.39 is 0 Å². The topological polar surface area (TPSA) is 49.3 Å². The van der Waals surface area contributed by atoms with E-state index in [1.54, 1.807) is 0 Å². The molecule has 0 aliphatic heterocycles. The summed E-state index contributed by atoms with van der Waals surface area (Å²) >= 11 is 0. The Labute approximate surface area is 122 Å². The van der Waals surface area contributed by atoms with Crippen LogP contribution in [0.4, 0.5) is 0 Å². The van der Waals surface area contributed by atoms with E-state index >= 15 is 0 Å². The van der Waals surface area contributed by atoms with Crippen molar-refractivity contribution in [3.8, 4) is 0 Å². The molecule has 3 heteroatoms. The van der Waals surface area contributed by atoms with Crippen LogP contribution in [0.1, 0.15) is 57.4 Å². The molecule has 0 bridgehead atoms. The monoisotopic (exact) mass is 277 g/mol. The van der Waals surface area contributed by atoms with Gasteiger partial charge in [-0.3, -0.25) is 4.79 Å². The molecule has 2 N–H and O–H groups in total. The second-order valence-corrected chi connectivity index (χ2v) is 5.27. The molecule has 1 aromatic rings. The lowest BCUT2D eigenvalue weighted by atomic mass is 9.93. The van der Waals surface area contributed by atoms with Gasteiger partial charge in [0.25, 0.3) is 0 Å². The Kier molecular flexibility index (Phi) is 7.97. The molecular weight excluding hydrogens is 250 g/mol. The minimum atomic E-state index is -0.236. The molecule has 0 fully saturated rings. The van der Waals surface area contributed by atoms with Gasteiger partial charge in [0, 0.05) is 13.0 Å². The van der Waals surface area contributed by atoms with Gasteiger partial charge in [-0.1, -0.05) is 44.2 Å². The van der Waals surface area contributed by atoms with E-state index in [1.165, 1.54) is 5.56 Å². The van der Waals surface area contributed by atoms with Gasteiger partial charge in [-0.25, -0.2) is 0 Å². The lowest BCUT2D eigenvalue weighted by Crippen LogP contribution is -2.26. The standard InChI is InChI=1S/C17H27NO2/c1-3-14(15-9-6-5-7-10-15)13-17(20)18-12-8-11-16(19)4-2/h5-7,9-10,14,16,19H,3-4,8,11-13H2,1-2H3,(H,18,20). The van der Waals surface area contributed by atoms with Crippen molar-refractivity contribution in [3.63, 3.8) is 0 Å². The number of carbonyl (C=O) groups is 1. The summed E-state index contributed by atoms with van der Waals surface area (Å²) in [7, 11) is 0. The van der Waals surface area contributed by atoms with Gasteiger partial charge in [0.2, 0.25) is 5.91 Å². The van der Waals surface area contributed by atoms with Crippen molar-refractivity contribution in [1.29, 1.82) is 0 Å². The summed E-state index contributed by atoms with van der Waals surface area (Å²) < 4.78 is 0. The summed E-state index contributed by atoms with van der Waals surface area (Å²) in [5.74, 6) is 0.393. The summed E-state index contributed by atoms with van der Waals surface area (Å²) in [5, 5.41) is 12.4. The highest BCUT2D eigenvalue weighted by Crippen LogP contribution is 2.22. The molecule has 0 aliphatic rings. The Balaban J connectivity index is 2.30. The van der Waals surface area contributed by atoms with Crippen LogP contribution in [-0.2, 0) is 4.79 Å². The molecule has 0 saturated carbocycles. The Morgan fingerprint density at radius 2 is 1.90 bits per heavy atom. The Morgan fingerprint density at radius 3 is 2.50 bits per heavy atom. The first-order valence-corrected chi connectivity index (χ1v) is 7.67. The third-order valence-corrected chi connectivity index (χ3v) is 3.70. The number of hydrogen-bond acceptors (Lipinski definition) is 2. The molecule has 0 radical (unpaired) electrons. The van der Waals surface area contributed by atoms with Crippen molar-refractivity contribution in [2.24, 2.45) is 0 Å². The van der Waals surface area contributed by atoms with Crippen LogP contribution >= 0.6 is 0 Å². The molecule has 3 nitrogen and oxygen atoms in total. The van der Waals surface area contributed by atoms with Gasteiger partial charge in [0.05, 0.1) is 6.10 Å². The number of rotatable bonds is 9. The van der Waals surface area contributed by atoms with Crippen molar-refractivity contribution in [2.75, 3.05) is 6.54 Å². The summed E-state index contributed by atoms with van der Waals surface area (Å²) in [6.07, 6.45) is 3.64. The zero-order valence-electron chi connectivity index (χ0n) is 12.6. The smallest absolute Gasteiger partial charge is 0.220 e. The van der Waals surface area contributed by atoms with Crippen LogP contribution in [0, 0.1) is 0 Å². The molecule has 0 saturated heterocycles. The predicted molar refractivity (Wildman–Crippen MR) is 82.6 cm³/mol. The van der Waals surface area contributed by atoms with Crippen molar-refractivity contribution in [1.82, 2.24) is 5.32 Å². The molecule has 0 aromatic heterocycles. The first-order valence-electron chi connectivity index (χ1n) is 7.67. The van der Waals surface area contributed by atoms with Crippen molar-refractivity contribution >= 4 is 5.91 Å². The molecular formula is C17H27NO2. The average molecular weight is 277 g/mol. The average Bonchev–Trinajstić information content (AvgIpc) is 2.49. The number of aliphatic hydroxyl groups excluding tert-OH is 1. The van der Waals surface area contributed by atoms with E-state index in [0.717, 1.165) is 25.7 Å².